The molecule has 1 aromatic rings. The minimum Gasteiger partial charge on any atom is -0.384 e. The van der Waals surface area contributed by atoms with Crippen LogP contribution in [0.3, 0.4) is 0 Å². The average molecular weight is 286 g/mol. The van der Waals surface area contributed by atoms with Gasteiger partial charge in [0.05, 0.1) is 0 Å². The maximum Gasteiger partial charge on any atom is 0.160 e. The monoisotopic (exact) mass is 286 g/mol. The van der Waals surface area contributed by atoms with Crippen LogP contribution >= 0.6 is 11.8 Å². The molecule has 5 heteroatoms. The average Bonchev–Trinajstić information content (AvgIpc) is 2.39. The highest BCUT2D eigenvalue weighted by Crippen LogP contribution is 2.45. The molecule has 1 heterocycles. The van der Waals surface area contributed by atoms with E-state index in [1.165, 1.54) is 0 Å². The minimum absolute atomic E-state index is 0.563. The summed E-state index contributed by atoms with van der Waals surface area (Å²) in [7, 11) is 0. The first kappa shape index (κ1) is 14.1. The third-order valence-corrected chi connectivity index (χ3v) is 5.49. The Kier molecular flexibility index (Phi) is 4.84. The lowest BCUT2D eigenvalue weighted by Gasteiger charge is -2.39. The molecule has 1 N–H and O–H groups in total. The lowest BCUT2D eigenvalue weighted by Crippen LogP contribution is -2.41. The lowest BCUT2D eigenvalue weighted by atomic mass is 10.0. The molecule has 3 atom stereocenters. The molecule has 2 rings (SSSR count). The SMILES string of the molecule is CCSC1(C(O)c2ccccc2)CCCS(=O)O1. The van der Waals surface area contributed by atoms with E-state index in [9.17, 15) is 9.32 Å². The Labute approximate surface area is 115 Å². The summed E-state index contributed by atoms with van der Waals surface area (Å²) >= 11 is 0.255. The van der Waals surface area contributed by atoms with Gasteiger partial charge in [-0.05, 0) is 24.2 Å². The van der Waals surface area contributed by atoms with Crippen LogP contribution in [0.25, 0.3) is 0 Å². The van der Waals surface area contributed by atoms with Crippen molar-refractivity contribution < 1.29 is 13.5 Å². The maximum absolute atomic E-state index is 11.7. The molecular weight excluding hydrogens is 268 g/mol. The summed E-state index contributed by atoms with van der Waals surface area (Å²) in [6.45, 7) is 2.02. The molecule has 1 fully saturated rings. The zero-order valence-corrected chi connectivity index (χ0v) is 12.0. The molecule has 100 valence electrons. The van der Waals surface area contributed by atoms with Gasteiger partial charge in [0, 0.05) is 5.75 Å². The van der Waals surface area contributed by atoms with Crippen LogP contribution in [0.5, 0.6) is 0 Å². The van der Waals surface area contributed by atoms with Gasteiger partial charge in [-0.2, -0.15) is 0 Å². The molecule has 1 aromatic carbocycles. The summed E-state index contributed by atoms with van der Waals surface area (Å²) in [6, 6.07) is 9.45. The van der Waals surface area contributed by atoms with Gasteiger partial charge >= 0.3 is 0 Å². The van der Waals surface area contributed by atoms with E-state index in [0.717, 1.165) is 24.2 Å². The van der Waals surface area contributed by atoms with Gasteiger partial charge in [-0.1, -0.05) is 37.3 Å². The molecule has 18 heavy (non-hydrogen) atoms. The van der Waals surface area contributed by atoms with Crippen molar-refractivity contribution in [2.24, 2.45) is 0 Å². The molecule has 1 saturated heterocycles. The Hall–Kier alpha value is -0.360. The van der Waals surface area contributed by atoms with Crippen LogP contribution in [0.2, 0.25) is 0 Å². The van der Waals surface area contributed by atoms with Crippen molar-refractivity contribution in [3.8, 4) is 0 Å². The van der Waals surface area contributed by atoms with Gasteiger partial charge in [-0.3, -0.25) is 4.18 Å². The summed E-state index contributed by atoms with van der Waals surface area (Å²) in [5.74, 6) is 1.38. The van der Waals surface area contributed by atoms with E-state index in [1.807, 2.05) is 37.3 Å². The zero-order valence-electron chi connectivity index (χ0n) is 10.4. The fraction of sp³-hybridized carbons (Fsp3) is 0.538. The number of benzene rings is 1. The van der Waals surface area contributed by atoms with Crippen LogP contribution in [-0.2, 0) is 15.3 Å². The Balaban J connectivity index is 2.26. The van der Waals surface area contributed by atoms with E-state index >= 15 is 0 Å². The van der Waals surface area contributed by atoms with Gasteiger partial charge in [-0.15, -0.1) is 11.8 Å². The fourth-order valence-corrected chi connectivity index (χ4v) is 4.61. The maximum atomic E-state index is 11.7. The number of aliphatic hydroxyl groups excluding tert-OH is 1. The van der Waals surface area contributed by atoms with Gasteiger partial charge in [0.2, 0.25) is 0 Å². The summed E-state index contributed by atoms with van der Waals surface area (Å²) in [4.78, 5) is -0.765. The molecule has 0 bridgehead atoms. The van der Waals surface area contributed by atoms with Gasteiger partial charge in [0.1, 0.15) is 6.10 Å². The summed E-state index contributed by atoms with van der Waals surface area (Å²) in [5, 5.41) is 10.6. The van der Waals surface area contributed by atoms with Crippen molar-refractivity contribution in [3.63, 3.8) is 0 Å². The zero-order chi connectivity index (χ0) is 13.0. The van der Waals surface area contributed by atoms with Gasteiger partial charge in [0.15, 0.2) is 16.0 Å². The molecule has 0 radical (unpaired) electrons. The number of hydrogen-bond donors (Lipinski definition) is 1. The Morgan fingerprint density at radius 2 is 2.22 bits per heavy atom. The van der Waals surface area contributed by atoms with Crippen LogP contribution in [-0.4, -0.2) is 25.8 Å². The predicted octanol–water partition coefficient (Wildman–Crippen LogP) is 2.64. The summed E-state index contributed by atoms with van der Waals surface area (Å²) < 4.78 is 17.3. The normalized spacial score (nSPS) is 30.0. The number of thioether (sulfide) groups is 1. The standard InChI is InChI=1S/C13H18O3S2/c1-2-17-13(9-6-10-18(15)16-13)12(14)11-7-4-3-5-8-11/h3-5,7-8,12,14H,2,6,9-10H2,1H3. The molecule has 0 amide bonds. The Morgan fingerprint density at radius 1 is 1.50 bits per heavy atom. The van der Waals surface area contributed by atoms with E-state index in [0.29, 0.717) is 5.75 Å². The van der Waals surface area contributed by atoms with E-state index < -0.39 is 22.1 Å². The molecule has 0 aromatic heterocycles. The van der Waals surface area contributed by atoms with E-state index in [4.69, 9.17) is 4.18 Å². The van der Waals surface area contributed by atoms with E-state index in [1.54, 1.807) is 11.8 Å². The third kappa shape index (κ3) is 2.96. The molecule has 0 saturated carbocycles. The third-order valence-electron chi connectivity index (χ3n) is 2.99. The van der Waals surface area contributed by atoms with Crippen LogP contribution < -0.4 is 0 Å². The van der Waals surface area contributed by atoms with E-state index in [2.05, 4.69) is 0 Å². The minimum atomic E-state index is -1.29. The fourth-order valence-electron chi connectivity index (χ4n) is 2.17. The predicted molar refractivity (Wildman–Crippen MR) is 75.6 cm³/mol. The molecular formula is C13H18O3S2. The Bertz CT molecular complexity index is 406. The van der Waals surface area contributed by atoms with Crippen LogP contribution in [0.4, 0.5) is 0 Å². The lowest BCUT2D eigenvalue weighted by molar-refractivity contribution is 0.00713. The van der Waals surface area contributed by atoms with Crippen molar-refractivity contribution in [1.82, 2.24) is 0 Å². The topological polar surface area (TPSA) is 46.5 Å². The molecule has 3 unspecified atom stereocenters. The second-order valence-electron chi connectivity index (χ2n) is 4.25. The molecule has 1 aliphatic rings. The highest BCUT2D eigenvalue weighted by atomic mass is 32.2. The van der Waals surface area contributed by atoms with Gasteiger partial charge in [0.25, 0.3) is 0 Å². The molecule has 1 aliphatic heterocycles. The Morgan fingerprint density at radius 3 is 2.83 bits per heavy atom. The number of aliphatic hydroxyl groups is 1. The van der Waals surface area contributed by atoms with Gasteiger partial charge in [-0.25, -0.2) is 4.21 Å². The summed E-state index contributed by atoms with van der Waals surface area (Å²) in [5.41, 5.74) is 0.817. The van der Waals surface area contributed by atoms with Crippen molar-refractivity contribution in [1.29, 1.82) is 0 Å². The van der Waals surface area contributed by atoms with Crippen molar-refractivity contribution in [3.05, 3.63) is 35.9 Å². The van der Waals surface area contributed by atoms with Crippen LogP contribution in [0.1, 0.15) is 31.4 Å². The molecule has 0 aliphatic carbocycles. The highest BCUT2D eigenvalue weighted by molar-refractivity contribution is 8.00. The summed E-state index contributed by atoms with van der Waals surface area (Å²) in [6.07, 6.45) is 0.810. The largest absolute Gasteiger partial charge is 0.384 e. The van der Waals surface area contributed by atoms with Crippen molar-refractivity contribution in [2.45, 2.75) is 30.8 Å². The van der Waals surface area contributed by atoms with E-state index in [-0.39, 0.29) is 0 Å². The first-order chi connectivity index (χ1) is 8.68. The van der Waals surface area contributed by atoms with Crippen molar-refractivity contribution >= 4 is 22.8 Å². The highest BCUT2D eigenvalue weighted by Gasteiger charge is 2.44. The second kappa shape index (κ2) is 6.19. The molecule has 3 nitrogen and oxygen atoms in total. The quantitative estimate of drug-likeness (QED) is 0.924. The first-order valence-electron chi connectivity index (χ1n) is 6.13. The van der Waals surface area contributed by atoms with Crippen LogP contribution in [0.15, 0.2) is 30.3 Å². The van der Waals surface area contributed by atoms with Crippen molar-refractivity contribution in [2.75, 3.05) is 11.5 Å². The number of rotatable bonds is 4. The second-order valence-corrected chi connectivity index (χ2v) is 6.99. The van der Waals surface area contributed by atoms with Gasteiger partial charge < -0.3 is 5.11 Å². The smallest absolute Gasteiger partial charge is 0.160 e. The molecule has 0 spiro atoms. The first-order valence-corrected chi connectivity index (χ1v) is 8.36. The van der Waals surface area contributed by atoms with Crippen LogP contribution in [0, 0.1) is 0 Å². The number of hydrogen-bond acceptors (Lipinski definition) is 4.